The van der Waals surface area contributed by atoms with Crippen molar-refractivity contribution in [2.75, 3.05) is 6.54 Å². The maximum atomic E-state index is 10.6. The molecule has 1 aliphatic rings. The van der Waals surface area contributed by atoms with Gasteiger partial charge in [-0.05, 0) is 24.2 Å². The Hall–Kier alpha value is -1.47. The highest BCUT2D eigenvalue weighted by atomic mass is 16.6. The van der Waals surface area contributed by atoms with Crippen LogP contribution in [0.5, 0.6) is 0 Å². The van der Waals surface area contributed by atoms with Crippen molar-refractivity contribution in [1.29, 1.82) is 0 Å². The van der Waals surface area contributed by atoms with Gasteiger partial charge in [-0.3, -0.25) is 14.8 Å². The summed E-state index contributed by atoms with van der Waals surface area (Å²) in [6.45, 7) is 7.56. The minimum atomic E-state index is -0.614. The van der Waals surface area contributed by atoms with Crippen molar-refractivity contribution in [1.82, 2.24) is 15.1 Å². The Morgan fingerprint density at radius 2 is 2.17 bits per heavy atom. The predicted octanol–water partition coefficient (Wildman–Crippen LogP) is 2.35. The van der Waals surface area contributed by atoms with Gasteiger partial charge in [0.2, 0.25) is 0 Å². The van der Waals surface area contributed by atoms with Crippen molar-refractivity contribution in [2.24, 2.45) is 11.3 Å². The summed E-state index contributed by atoms with van der Waals surface area (Å²) in [5, 5.41) is 28.2. The Labute approximate surface area is 137 Å². The summed E-state index contributed by atoms with van der Waals surface area (Å²) in [6.07, 6.45) is 6.81. The molecule has 1 heterocycles. The first-order valence-corrected chi connectivity index (χ1v) is 8.35. The van der Waals surface area contributed by atoms with Crippen LogP contribution in [0.4, 0.5) is 5.69 Å². The Morgan fingerprint density at radius 3 is 2.78 bits per heavy atom. The Kier molecular flexibility index (Phi) is 5.75. The van der Waals surface area contributed by atoms with E-state index < -0.39 is 11.0 Å². The van der Waals surface area contributed by atoms with E-state index in [2.05, 4.69) is 31.2 Å². The first-order chi connectivity index (χ1) is 10.8. The number of hydrogen-bond acceptors (Lipinski definition) is 5. The molecule has 1 aromatic rings. The van der Waals surface area contributed by atoms with Crippen LogP contribution >= 0.6 is 0 Å². The monoisotopic (exact) mass is 324 g/mol. The van der Waals surface area contributed by atoms with Crippen LogP contribution in [0.25, 0.3) is 0 Å². The highest BCUT2D eigenvalue weighted by molar-refractivity contribution is 5.20. The molecule has 3 atom stereocenters. The fourth-order valence-corrected chi connectivity index (χ4v) is 3.53. The summed E-state index contributed by atoms with van der Waals surface area (Å²) in [5.41, 5.74) is 0.205. The highest BCUT2D eigenvalue weighted by Gasteiger charge is 2.33. The number of nitrogens with one attached hydrogen (secondary N) is 1. The van der Waals surface area contributed by atoms with Gasteiger partial charge in [-0.25, -0.2) is 0 Å². The summed E-state index contributed by atoms with van der Waals surface area (Å²) in [6, 6.07) is 0.422. The van der Waals surface area contributed by atoms with Gasteiger partial charge < -0.3 is 10.4 Å². The molecule has 0 aromatic carbocycles. The average molecular weight is 324 g/mol. The lowest BCUT2D eigenvalue weighted by atomic mass is 9.69. The molecule has 2 rings (SSSR count). The lowest BCUT2D eigenvalue weighted by Crippen LogP contribution is -2.47. The molecular formula is C16H28N4O3. The average Bonchev–Trinajstić information content (AvgIpc) is 2.93. The number of aliphatic hydroxyl groups excluding tert-OH is 1. The van der Waals surface area contributed by atoms with Crippen molar-refractivity contribution in [3.8, 4) is 0 Å². The molecule has 0 aliphatic heterocycles. The normalized spacial score (nSPS) is 23.7. The number of rotatable bonds is 6. The van der Waals surface area contributed by atoms with E-state index in [1.807, 2.05) is 0 Å². The molecule has 23 heavy (non-hydrogen) atoms. The smallest absolute Gasteiger partial charge is 0.306 e. The number of nitro groups is 1. The molecule has 0 saturated heterocycles. The van der Waals surface area contributed by atoms with E-state index in [0.29, 0.717) is 18.5 Å². The molecule has 0 bridgehead atoms. The summed E-state index contributed by atoms with van der Waals surface area (Å²) < 4.78 is 1.42. The standard InChI is InChI=1S/C16H28N4O3/c1-16(2,3)14-6-4-5-7-15(14)17-9-13(21)11-19-10-12(8-18-19)20(22)23/h8,10,13-15,17,21H,4-7,9,11H2,1-3H3/t13-,14-,15-/m1/s1. The Morgan fingerprint density at radius 1 is 1.48 bits per heavy atom. The van der Waals surface area contributed by atoms with Gasteiger partial charge in [-0.15, -0.1) is 0 Å². The first-order valence-electron chi connectivity index (χ1n) is 8.35. The molecule has 0 amide bonds. The first kappa shape index (κ1) is 17.9. The third kappa shape index (κ3) is 5.00. The van der Waals surface area contributed by atoms with Gasteiger partial charge in [0.15, 0.2) is 0 Å². The lowest BCUT2D eigenvalue weighted by molar-refractivity contribution is -0.385. The van der Waals surface area contributed by atoms with E-state index in [9.17, 15) is 15.2 Å². The van der Waals surface area contributed by atoms with Gasteiger partial charge in [0.1, 0.15) is 12.4 Å². The van der Waals surface area contributed by atoms with Gasteiger partial charge in [-0.1, -0.05) is 33.6 Å². The fourth-order valence-electron chi connectivity index (χ4n) is 3.53. The molecule has 0 spiro atoms. The topological polar surface area (TPSA) is 93.2 Å². The van der Waals surface area contributed by atoms with Crippen molar-refractivity contribution in [3.63, 3.8) is 0 Å². The second kappa shape index (κ2) is 7.40. The summed E-state index contributed by atoms with van der Waals surface area (Å²) in [5.74, 6) is 0.606. The van der Waals surface area contributed by atoms with Crippen LogP contribution in [0.2, 0.25) is 0 Å². The van der Waals surface area contributed by atoms with Gasteiger partial charge >= 0.3 is 5.69 Å². The van der Waals surface area contributed by atoms with Gasteiger partial charge in [0.25, 0.3) is 0 Å². The largest absolute Gasteiger partial charge is 0.390 e. The minimum Gasteiger partial charge on any atom is -0.390 e. The molecule has 1 saturated carbocycles. The lowest BCUT2D eigenvalue weighted by Gasteiger charge is -2.41. The van der Waals surface area contributed by atoms with Crippen LogP contribution in [0.1, 0.15) is 46.5 Å². The molecule has 7 heteroatoms. The number of aliphatic hydroxyl groups is 1. The van der Waals surface area contributed by atoms with E-state index in [1.165, 1.54) is 36.3 Å². The SMILES string of the molecule is CC(C)(C)[C@@H]1CCCC[C@H]1NC[C@@H](O)Cn1cc([N+](=O)[O-])cn1. The van der Waals surface area contributed by atoms with Crippen LogP contribution in [0.3, 0.4) is 0 Å². The van der Waals surface area contributed by atoms with Crippen molar-refractivity contribution in [2.45, 2.75) is 65.1 Å². The fraction of sp³-hybridized carbons (Fsp3) is 0.812. The Balaban J connectivity index is 1.84. The molecule has 7 nitrogen and oxygen atoms in total. The van der Waals surface area contributed by atoms with E-state index in [-0.39, 0.29) is 17.6 Å². The van der Waals surface area contributed by atoms with Crippen LogP contribution in [0, 0.1) is 21.4 Å². The second-order valence-electron chi connectivity index (χ2n) is 7.60. The second-order valence-corrected chi connectivity index (χ2v) is 7.60. The summed E-state index contributed by atoms with van der Waals surface area (Å²) in [7, 11) is 0. The zero-order chi connectivity index (χ0) is 17.0. The van der Waals surface area contributed by atoms with E-state index in [1.54, 1.807) is 0 Å². The molecule has 1 fully saturated rings. The zero-order valence-corrected chi connectivity index (χ0v) is 14.2. The van der Waals surface area contributed by atoms with Gasteiger partial charge in [0, 0.05) is 12.6 Å². The van der Waals surface area contributed by atoms with Crippen molar-refractivity contribution >= 4 is 5.69 Å². The molecule has 1 aliphatic carbocycles. The third-order valence-electron chi connectivity index (χ3n) is 4.72. The highest BCUT2D eigenvalue weighted by Crippen LogP contribution is 2.37. The molecule has 0 unspecified atom stereocenters. The molecule has 2 N–H and O–H groups in total. The van der Waals surface area contributed by atoms with Crippen LogP contribution in [0.15, 0.2) is 12.4 Å². The van der Waals surface area contributed by atoms with Gasteiger partial charge in [0.05, 0.1) is 17.6 Å². The Bertz CT molecular complexity index is 524. The van der Waals surface area contributed by atoms with E-state index in [0.717, 1.165) is 6.42 Å². The zero-order valence-electron chi connectivity index (χ0n) is 14.2. The van der Waals surface area contributed by atoms with Crippen LogP contribution < -0.4 is 5.32 Å². The number of aromatic nitrogens is 2. The third-order valence-corrected chi connectivity index (χ3v) is 4.72. The van der Waals surface area contributed by atoms with E-state index in [4.69, 9.17) is 0 Å². The van der Waals surface area contributed by atoms with Crippen molar-refractivity contribution < 1.29 is 10.0 Å². The van der Waals surface area contributed by atoms with Crippen LogP contribution in [-0.2, 0) is 6.54 Å². The maximum absolute atomic E-state index is 10.6. The summed E-state index contributed by atoms with van der Waals surface area (Å²) in [4.78, 5) is 10.2. The van der Waals surface area contributed by atoms with Crippen molar-refractivity contribution in [3.05, 3.63) is 22.5 Å². The molecule has 0 radical (unpaired) electrons. The quantitative estimate of drug-likeness (QED) is 0.619. The maximum Gasteiger partial charge on any atom is 0.306 e. The predicted molar refractivity (Wildman–Crippen MR) is 88.1 cm³/mol. The molecular weight excluding hydrogens is 296 g/mol. The number of hydrogen-bond donors (Lipinski definition) is 2. The van der Waals surface area contributed by atoms with Gasteiger partial charge in [-0.2, -0.15) is 5.10 Å². The van der Waals surface area contributed by atoms with Crippen LogP contribution in [-0.4, -0.2) is 38.5 Å². The minimum absolute atomic E-state index is 0.0507. The molecule has 130 valence electrons. The number of nitrogens with zero attached hydrogens (tertiary/aromatic N) is 3. The molecule has 1 aromatic heterocycles. The summed E-state index contributed by atoms with van der Waals surface area (Å²) >= 11 is 0. The van der Waals surface area contributed by atoms with E-state index >= 15 is 0 Å².